The Morgan fingerprint density at radius 3 is 2.83 bits per heavy atom. The van der Waals surface area contributed by atoms with Crippen molar-refractivity contribution in [2.24, 2.45) is 0 Å². The van der Waals surface area contributed by atoms with E-state index in [1.807, 2.05) is 18.5 Å². The molecule has 0 aliphatic carbocycles. The maximum Gasteiger partial charge on any atom is 0.327 e. The number of carbonyl (C=O) groups is 1. The minimum absolute atomic E-state index is 0.112. The molecule has 0 radical (unpaired) electrons. The van der Waals surface area contributed by atoms with Crippen LogP contribution in [0.2, 0.25) is 0 Å². The molecule has 0 unspecified atom stereocenters. The van der Waals surface area contributed by atoms with Crippen molar-refractivity contribution in [3.05, 3.63) is 35.5 Å². The molecule has 0 bridgehead atoms. The fourth-order valence-electron chi connectivity index (χ4n) is 2.70. The summed E-state index contributed by atoms with van der Waals surface area (Å²) in [5, 5.41) is 5.33. The number of halogens is 1. The van der Waals surface area contributed by atoms with Gasteiger partial charge in [-0.3, -0.25) is 9.48 Å². The zero-order chi connectivity index (χ0) is 17.3. The highest BCUT2D eigenvalue weighted by Gasteiger charge is 2.15. The second kappa shape index (κ2) is 6.76. The maximum atomic E-state index is 11.6. The van der Waals surface area contributed by atoms with Gasteiger partial charge in [0.15, 0.2) is 0 Å². The summed E-state index contributed by atoms with van der Waals surface area (Å²) in [7, 11) is 0. The summed E-state index contributed by atoms with van der Waals surface area (Å²) in [4.78, 5) is 15.9. The molecule has 3 aromatic heterocycles. The van der Waals surface area contributed by atoms with Crippen molar-refractivity contribution in [3.63, 3.8) is 0 Å². The van der Waals surface area contributed by atoms with Crippen molar-refractivity contribution in [2.75, 3.05) is 6.61 Å². The fraction of sp³-hybridized carbons (Fsp3) is 0.353. The van der Waals surface area contributed by atoms with Gasteiger partial charge in [-0.25, -0.2) is 4.98 Å². The van der Waals surface area contributed by atoms with Crippen LogP contribution in [-0.2, 0) is 16.1 Å². The minimum Gasteiger partial charge on any atom is -0.465 e. The van der Waals surface area contributed by atoms with Gasteiger partial charge in [0.2, 0.25) is 0 Å². The highest BCUT2D eigenvalue weighted by Crippen LogP contribution is 2.33. The van der Waals surface area contributed by atoms with Crippen LogP contribution in [0.1, 0.15) is 26.8 Å². The summed E-state index contributed by atoms with van der Waals surface area (Å²) in [6.07, 6.45) is 7.59. The van der Waals surface area contributed by atoms with Crippen LogP contribution < -0.4 is 0 Å². The lowest BCUT2D eigenvalue weighted by Crippen LogP contribution is -2.13. The van der Waals surface area contributed by atoms with Gasteiger partial charge in [-0.15, -0.1) is 0 Å². The Bertz CT molecular complexity index is 882. The lowest BCUT2D eigenvalue weighted by Gasteiger charge is -2.08. The number of rotatable bonds is 5. The number of nitrogens with zero attached hydrogens (tertiary/aromatic N) is 4. The molecule has 24 heavy (non-hydrogen) atoms. The predicted molar refractivity (Wildman–Crippen MR) is 95.7 cm³/mol. The molecule has 0 amide bonds. The van der Waals surface area contributed by atoms with E-state index in [1.165, 1.54) is 0 Å². The van der Waals surface area contributed by atoms with E-state index in [0.29, 0.717) is 12.6 Å². The van der Waals surface area contributed by atoms with Crippen molar-refractivity contribution >= 4 is 32.8 Å². The molecule has 0 saturated heterocycles. The minimum atomic E-state index is -0.289. The van der Waals surface area contributed by atoms with E-state index in [1.54, 1.807) is 17.8 Å². The summed E-state index contributed by atoms with van der Waals surface area (Å²) in [5.41, 5.74) is 3.11. The first-order valence-electron chi connectivity index (χ1n) is 7.84. The number of pyridine rings is 1. The molecule has 0 aromatic carbocycles. The number of hydrogen-bond donors (Lipinski definition) is 0. The van der Waals surface area contributed by atoms with Crippen LogP contribution in [0, 0.1) is 0 Å². The smallest absolute Gasteiger partial charge is 0.327 e. The van der Waals surface area contributed by atoms with Crippen LogP contribution in [0.15, 0.2) is 35.5 Å². The highest BCUT2D eigenvalue weighted by atomic mass is 79.9. The van der Waals surface area contributed by atoms with Crippen molar-refractivity contribution < 1.29 is 9.53 Å². The van der Waals surface area contributed by atoms with E-state index >= 15 is 0 Å². The summed E-state index contributed by atoms with van der Waals surface area (Å²) < 4.78 is 9.57. The van der Waals surface area contributed by atoms with Crippen LogP contribution in [0.3, 0.4) is 0 Å². The number of aromatic nitrogens is 4. The third-order valence-corrected chi connectivity index (χ3v) is 4.22. The molecule has 0 spiro atoms. The number of hydrogen-bond acceptors (Lipinski definition) is 4. The molecule has 6 nitrogen and oxygen atoms in total. The van der Waals surface area contributed by atoms with E-state index in [2.05, 4.69) is 50.6 Å². The van der Waals surface area contributed by atoms with Crippen molar-refractivity contribution in [1.29, 1.82) is 0 Å². The summed E-state index contributed by atoms with van der Waals surface area (Å²) in [6, 6.07) is 2.34. The van der Waals surface area contributed by atoms with E-state index in [9.17, 15) is 4.79 Å². The quantitative estimate of drug-likeness (QED) is 0.490. The molecule has 3 heterocycles. The van der Waals surface area contributed by atoms with Gasteiger partial charge in [-0.1, -0.05) is 0 Å². The first kappa shape index (κ1) is 16.7. The lowest BCUT2D eigenvalue weighted by atomic mass is 10.1. The predicted octanol–water partition coefficient (Wildman–Crippen LogP) is 3.81. The SMILES string of the molecule is CCOC(=O)Cn1cc(-c2cn(C(C)C)c3cc(Br)ncc23)cn1. The second-order valence-corrected chi connectivity index (χ2v) is 6.61. The molecule has 7 heteroatoms. The number of esters is 1. The van der Waals surface area contributed by atoms with Gasteiger partial charge in [0, 0.05) is 41.1 Å². The van der Waals surface area contributed by atoms with E-state index in [-0.39, 0.29) is 12.5 Å². The van der Waals surface area contributed by atoms with Gasteiger partial charge in [-0.05, 0) is 42.8 Å². The summed E-state index contributed by atoms with van der Waals surface area (Å²) >= 11 is 3.43. The van der Waals surface area contributed by atoms with Gasteiger partial charge < -0.3 is 9.30 Å². The number of carbonyl (C=O) groups excluding carboxylic acids is 1. The first-order chi connectivity index (χ1) is 11.5. The Labute approximate surface area is 148 Å². The van der Waals surface area contributed by atoms with Gasteiger partial charge in [-0.2, -0.15) is 5.10 Å². The van der Waals surface area contributed by atoms with Gasteiger partial charge >= 0.3 is 5.97 Å². The zero-order valence-corrected chi connectivity index (χ0v) is 15.4. The summed E-state index contributed by atoms with van der Waals surface area (Å²) in [6.45, 7) is 6.55. The Balaban J connectivity index is 2.01. The van der Waals surface area contributed by atoms with Gasteiger partial charge in [0.25, 0.3) is 0 Å². The molecule has 0 N–H and O–H groups in total. The molecule has 0 fully saturated rings. The Hall–Kier alpha value is -2.15. The first-order valence-corrected chi connectivity index (χ1v) is 8.63. The van der Waals surface area contributed by atoms with Crippen LogP contribution in [-0.4, -0.2) is 31.9 Å². The van der Waals surface area contributed by atoms with Crippen molar-refractivity contribution in [1.82, 2.24) is 19.3 Å². The molecule has 0 aliphatic heterocycles. The van der Waals surface area contributed by atoms with Crippen LogP contribution in [0.4, 0.5) is 0 Å². The van der Waals surface area contributed by atoms with E-state index in [4.69, 9.17) is 4.74 Å². The Kier molecular flexibility index (Phi) is 4.71. The highest BCUT2D eigenvalue weighted by molar-refractivity contribution is 9.10. The zero-order valence-electron chi connectivity index (χ0n) is 13.9. The second-order valence-electron chi connectivity index (χ2n) is 5.80. The van der Waals surface area contributed by atoms with E-state index < -0.39 is 0 Å². The van der Waals surface area contributed by atoms with E-state index in [0.717, 1.165) is 26.6 Å². The third kappa shape index (κ3) is 3.21. The summed E-state index contributed by atoms with van der Waals surface area (Å²) in [5.74, 6) is -0.289. The molecular weight excluding hydrogens is 372 g/mol. The monoisotopic (exact) mass is 390 g/mol. The molecular formula is C17H19BrN4O2. The van der Waals surface area contributed by atoms with Crippen molar-refractivity contribution in [3.8, 4) is 11.1 Å². The van der Waals surface area contributed by atoms with Crippen molar-refractivity contribution in [2.45, 2.75) is 33.4 Å². The van der Waals surface area contributed by atoms with Gasteiger partial charge in [0.05, 0.1) is 18.3 Å². The third-order valence-electron chi connectivity index (χ3n) is 3.78. The molecule has 3 aromatic rings. The molecule has 3 rings (SSSR count). The number of ether oxygens (including phenoxy) is 1. The average Bonchev–Trinajstić information content (AvgIpc) is 3.11. The fourth-order valence-corrected chi connectivity index (χ4v) is 3.02. The topological polar surface area (TPSA) is 61.9 Å². The Morgan fingerprint density at radius 2 is 2.12 bits per heavy atom. The molecule has 0 atom stereocenters. The molecule has 126 valence electrons. The Morgan fingerprint density at radius 1 is 1.33 bits per heavy atom. The van der Waals surface area contributed by atoms with Crippen LogP contribution in [0.5, 0.6) is 0 Å². The number of fused-ring (bicyclic) bond motifs is 1. The molecule has 0 saturated carbocycles. The molecule has 0 aliphatic rings. The van der Waals surface area contributed by atoms with Crippen LogP contribution in [0.25, 0.3) is 22.0 Å². The average molecular weight is 391 g/mol. The lowest BCUT2D eigenvalue weighted by molar-refractivity contribution is -0.144. The van der Waals surface area contributed by atoms with Crippen LogP contribution >= 0.6 is 15.9 Å². The maximum absolute atomic E-state index is 11.6. The standard InChI is InChI=1S/C17H19BrN4O2/c1-4-24-17(23)10-21-8-12(6-20-21)14-9-22(11(2)3)15-5-16(18)19-7-13(14)15/h5-9,11H,4,10H2,1-3H3. The largest absolute Gasteiger partial charge is 0.465 e. The normalized spacial score (nSPS) is 11.4. The van der Waals surface area contributed by atoms with Gasteiger partial charge in [0.1, 0.15) is 11.1 Å².